The molecule has 1 amide bonds. The summed E-state index contributed by atoms with van der Waals surface area (Å²) in [5.74, 6) is -0.418. The molecule has 0 radical (unpaired) electrons. The number of hydrogen-bond acceptors (Lipinski definition) is 5. The molecule has 1 atom stereocenters. The Bertz CT molecular complexity index is 472. The summed E-state index contributed by atoms with van der Waals surface area (Å²) < 4.78 is 6.04. The van der Waals surface area contributed by atoms with Gasteiger partial charge in [-0.1, -0.05) is 6.92 Å². The average Bonchev–Trinajstić information content (AvgIpc) is 2.43. The first-order valence-electron chi connectivity index (χ1n) is 6.11. The zero-order chi connectivity index (χ0) is 14.3. The van der Waals surface area contributed by atoms with E-state index in [4.69, 9.17) is 4.74 Å². The van der Waals surface area contributed by atoms with Crippen molar-refractivity contribution >= 4 is 5.91 Å². The third kappa shape index (κ3) is 4.80. The molecule has 0 saturated heterocycles. The van der Waals surface area contributed by atoms with Gasteiger partial charge in [0.2, 0.25) is 0 Å². The monoisotopic (exact) mass is 269 g/mol. The van der Waals surface area contributed by atoms with Gasteiger partial charge in [0.25, 0.3) is 11.5 Å². The summed E-state index contributed by atoms with van der Waals surface area (Å²) in [6, 6.07) is 2.65. The molecule has 0 bridgehead atoms. The topological polar surface area (TPSA) is 93.5 Å². The van der Waals surface area contributed by atoms with Crippen molar-refractivity contribution in [2.75, 3.05) is 20.3 Å². The number of hydrogen-bond donors (Lipinski definition) is 2. The zero-order valence-electron chi connectivity index (χ0n) is 11.1. The van der Waals surface area contributed by atoms with E-state index in [0.29, 0.717) is 13.0 Å². The number of rotatable bonds is 7. The molecular weight excluding hydrogens is 250 g/mol. The lowest BCUT2D eigenvalue weighted by Gasteiger charge is -2.10. The molecule has 1 rings (SSSR count). The number of nitrogens with zero attached hydrogens (tertiary/aromatic N) is 2. The van der Waals surface area contributed by atoms with Crippen LogP contribution in [0.1, 0.15) is 23.8 Å². The number of aromatic nitrogens is 2. The van der Waals surface area contributed by atoms with Crippen molar-refractivity contribution < 1.29 is 14.6 Å². The van der Waals surface area contributed by atoms with Crippen LogP contribution in [-0.2, 0) is 11.3 Å². The lowest BCUT2D eigenvalue weighted by atomic mass is 10.2. The van der Waals surface area contributed by atoms with Gasteiger partial charge in [-0.2, -0.15) is 5.10 Å². The van der Waals surface area contributed by atoms with Crippen molar-refractivity contribution in [2.45, 2.75) is 26.0 Å². The Morgan fingerprint density at radius 1 is 1.58 bits per heavy atom. The number of methoxy groups -OCH3 is 1. The second-order valence-corrected chi connectivity index (χ2v) is 4.04. The van der Waals surface area contributed by atoms with E-state index < -0.39 is 12.0 Å². The Labute approximate surface area is 111 Å². The minimum absolute atomic E-state index is 0.138. The van der Waals surface area contributed by atoms with Gasteiger partial charge in [-0.05, 0) is 12.5 Å². The highest BCUT2D eigenvalue weighted by Crippen LogP contribution is 1.93. The van der Waals surface area contributed by atoms with Crippen LogP contribution in [0.3, 0.4) is 0 Å². The molecule has 1 aromatic heterocycles. The standard InChI is InChI=1S/C12H19N3O4/c1-3-9(16)8-13-12(18)10-4-5-11(17)15(14-10)6-7-19-2/h4-5,9,16H,3,6-8H2,1-2H3,(H,13,18). The molecule has 0 aliphatic carbocycles. The molecule has 2 N–H and O–H groups in total. The fourth-order valence-electron chi connectivity index (χ4n) is 1.35. The zero-order valence-corrected chi connectivity index (χ0v) is 11.1. The fraction of sp³-hybridized carbons (Fsp3) is 0.583. The summed E-state index contributed by atoms with van der Waals surface area (Å²) in [4.78, 5) is 23.3. The molecule has 0 fully saturated rings. The highest BCUT2D eigenvalue weighted by atomic mass is 16.5. The van der Waals surface area contributed by atoms with E-state index in [1.54, 1.807) is 0 Å². The van der Waals surface area contributed by atoms with Crippen molar-refractivity contribution in [1.82, 2.24) is 15.1 Å². The van der Waals surface area contributed by atoms with Gasteiger partial charge in [-0.15, -0.1) is 0 Å². The third-order valence-electron chi connectivity index (χ3n) is 2.58. The second-order valence-electron chi connectivity index (χ2n) is 4.04. The van der Waals surface area contributed by atoms with Crippen LogP contribution >= 0.6 is 0 Å². The van der Waals surface area contributed by atoms with E-state index in [0.717, 1.165) is 0 Å². The number of carbonyl (C=O) groups is 1. The predicted molar refractivity (Wildman–Crippen MR) is 69.0 cm³/mol. The highest BCUT2D eigenvalue weighted by Gasteiger charge is 2.10. The van der Waals surface area contributed by atoms with Crippen molar-refractivity contribution in [3.8, 4) is 0 Å². The quantitative estimate of drug-likeness (QED) is 0.689. The number of nitrogens with one attached hydrogen (secondary N) is 1. The van der Waals surface area contributed by atoms with E-state index in [9.17, 15) is 14.7 Å². The van der Waals surface area contributed by atoms with Gasteiger partial charge in [-0.3, -0.25) is 9.59 Å². The third-order valence-corrected chi connectivity index (χ3v) is 2.58. The summed E-state index contributed by atoms with van der Waals surface area (Å²) in [6.07, 6.45) is -0.0236. The van der Waals surface area contributed by atoms with E-state index in [1.807, 2.05) is 6.92 Å². The van der Waals surface area contributed by atoms with Gasteiger partial charge in [0, 0.05) is 19.7 Å². The molecule has 1 heterocycles. The van der Waals surface area contributed by atoms with Crippen LogP contribution in [0, 0.1) is 0 Å². The first-order chi connectivity index (χ1) is 9.08. The lowest BCUT2D eigenvalue weighted by Crippen LogP contribution is -2.34. The maximum absolute atomic E-state index is 11.8. The van der Waals surface area contributed by atoms with Crippen molar-refractivity contribution in [3.63, 3.8) is 0 Å². The molecule has 1 unspecified atom stereocenters. The Morgan fingerprint density at radius 2 is 2.32 bits per heavy atom. The van der Waals surface area contributed by atoms with E-state index in [-0.39, 0.29) is 24.3 Å². The Hall–Kier alpha value is -1.73. The van der Waals surface area contributed by atoms with Gasteiger partial charge < -0.3 is 15.2 Å². The molecule has 0 spiro atoms. The maximum Gasteiger partial charge on any atom is 0.271 e. The van der Waals surface area contributed by atoms with Gasteiger partial charge in [0.05, 0.1) is 19.3 Å². The first-order valence-corrected chi connectivity index (χ1v) is 6.11. The van der Waals surface area contributed by atoms with Crippen molar-refractivity contribution in [2.24, 2.45) is 0 Å². The van der Waals surface area contributed by atoms with Gasteiger partial charge in [-0.25, -0.2) is 4.68 Å². The number of aliphatic hydroxyl groups is 1. The molecule has 1 aromatic rings. The number of amides is 1. The summed E-state index contributed by atoms with van der Waals surface area (Å²) in [7, 11) is 1.52. The summed E-state index contributed by atoms with van der Waals surface area (Å²) in [6.45, 7) is 2.61. The van der Waals surface area contributed by atoms with Crippen LogP contribution in [0.2, 0.25) is 0 Å². The van der Waals surface area contributed by atoms with Crippen LogP contribution in [0.4, 0.5) is 0 Å². The second kappa shape index (κ2) is 7.65. The molecular formula is C12H19N3O4. The molecule has 7 nitrogen and oxygen atoms in total. The Kier molecular flexibility index (Phi) is 6.17. The minimum Gasteiger partial charge on any atom is -0.391 e. The van der Waals surface area contributed by atoms with Crippen molar-refractivity contribution in [1.29, 1.82) is 0 Å². The van der Waals surface area contributed by atoms with E-state index in [1.165, 1.54) is 23.9 Å². The van der Waals surface area contributed by atoms with E-state index in [2.05, 4.69) is 10.4 Å². The van der Waals surface area contributed by atoms with Crippen LogP contribution in [0.25, 0.3) is 0 Å². The molecule has 0 aliphatic rings. The van der Waals surface area contributed by atoms with Crippen molar-refractivity contribution in [3.05, 3.63) is 28.2 Å². The van der Waals surface area contributed by atoms with Crippen LogP contribution in [-0.4, -0.2) is 47.2 Å². The molecule has 19 heavy (non-hydrogen) atoms. The average molecular weight is 269 g/mol. The summed E-state index contributed by atoms with van der Waals surface area (Å²) >= 11 is 0. The highest BCUT2D eigenvalue weighted by molar-refractivity contribution is 5.91. The van der Waals surface area contributed by atoms with Crippen LogP contribution < -0.4 is 10.9 Å². The van der Waals surface area contributed by atoms with Crippen LogP contribution in [0.15, 0.2) is 16.9 Å². The minimum atomic E-state index is -0.580. The molecule has 0 saturated carbocycles. The summed E-state index contributed by atoms with van der Waals surface area (Å²) in [5, 5.41) is 15.9. The number of aliphatic hydroxyl groups excluding tert-OH is 1. The first kappa shape index (κ1) is 15.3. The number of ether oxygens (including phenoxy) is 1. The molecule has 7 heteroatoms. The molecule has 0 aromatic carbocycles. The normalized spacial score (nSPS) is 12.2. The maximum atomic E-state index is 11.8. The number of carbonyl (C=O) groups excluding carboxylic acids is 1. The predicted octanol–water partition coefficient (Wildman–Crippen LogP) is -0.610. The lowest BCUT2D eigenvalue weighted by molar-refractivity contribution is 0.0905. The fourth-order valence-corrected chi connectivity index (χ4v) is 1.35. The van der Waals surface area contributed by atoms with Gasteiger partial charge in [0.15, 0.2) is 0 Å². The van der Waals surface area contributed by atoms with Crippen LogP contribution in [0.5, 0.6) is 0 Å². The Balaban J connectivity index is 2.72. The van der Waals surface area contributed by atoms with Gasteiger partial charge in [0.1, 0.15) is 5.69 Å². The molecule has 0 aliphatic heterocycles. The van der Waals surface area contributed by atoms with E-state index >= 15 is 0 Å². The summed E-state index contributed by atoms with van der Waals surface area (Å²) in [5.41, 5.74) is -0.152. The Morgan fingerprint density at radius 3 is 2.95 bits per heavy atom. The smallest absolute Gasteiger partial charge is 0.271 e. The molecule has 106 valence electrons. The SMILES string of the molecule is CCC(O)CNC(=O)c1ccc(=O)n(CCOC)n1. The largest absolute Gasteiger partial charge is 0.391 e. The van der Waals surface area contributed by atoms with Gasteiger partial charge >= 0.3 is 0 Å².